The van der Waals surface area contributed by atoms with Gasteiger partial charge in [-0.2, -0.15) is 0 Å². The summed E-state index contributed by atoms with van der Waals surface area (Å²) in [6.07, 6.45) is 3.61. The second kappa shape index (κ2) is 6.37. The molecule has 1 N–H and O–H groups in total. The Morgan fingerprint density at radius 1 is 1.30 bits per heavy atom. The molecule has 0 fully saturated rings. The molecular formula is C14H14N2O3S. The second-order valence-electron chi connectivity index (χ2n) is 4.22. The number of aliphatic hydroxyl groups is 1. The fraction of sp³-hybridized carbons (Fsp3) is 0.286. The molecule has 6 heteroatoms. The van der Waals surface area contributed by atoms with Crippen LogP contribution in [0.1, 0.15) is 16.9 Å². The Morgan fingerprint density at radius 3 is 2.85 bits per heavy atom. The first-order chi connectivity index (χ1) is 9.61. The second-order valence-corrected chi connectivity index (χ2v) is 5.22. The number of aromatic nitrogens is 2. The monoisotopic (exact) mass is 290 g/mol. The standard InChI is InChI=1S/C14H14N2O3S/c1-15-5-6-16(14(19)13(15)18)9-12-8-11(10-20-12)4-2-3-7-17/h5-6,8,10,17H,3,7,9H2,1H3. The van der Waals surface area contributed by atoms with E-state index in [2.05, 4.69) is 11.8 Å². The first-order valence-corrected chi connectivity index (χ1v) is 6.93. The van der Waals surface area contributed by atoms with Gasteiger partial charge in [0.1, 0.15) is 0 Å². The lowest BCUT2D eigenvalue weighted by molar-refractivity contribution is 0.305. The Bertz CT molecular complexity index is 774. The summed E-state index contributed by atoms with van der Waals surface area (Å²) in [4.78, 5) is 24.3. The number of nitrogens with zero attached hydrogens (tertiary/aromatic N) is 2. The molecule has 0 atom stereocenters. The van der Waals surface area contributed by atoms with E-state index < -0.39 is 11.1 Å². The fourth-order valence-electron chi connectivity index (χ4n) is 1.63. The molecule has 0 aliphatic heterocycles. The lowest BCUT2D eigenvalue weighted by Crippen LogP contribution is -2.39. The van der Waals surface area contributed by atoms with Crippen LogP contribution < -0.4 is 11.1 Å². The molecule has 0 aliphatic rings. The third kappa shape index (κ3) is 3.26. The van der Waals surface area contributed by atoms with Crippen LogP contribution in [0.3, 0.4) is 0 Å². The van der Waals surface area contributed by atoms with Crippen molar-refractivity contribution in [1.29, 1.82) is 0 Å². The SMILES string of the molecule is Cn1ccn(Cc2cc(C#CCCO)cs2)c(=O)c1=O. The van der Waals surface area contributed by atoms with E-state index >= 15 is 0 Å². The van der Waals surface area contributed by atoms with Gasteiger partial charge in [-0.15, -0.1) is 11.3 Å². The molecule has 20 heavy (non-hydrogen) atoms. The van der Waals surface area contributed by atoms with Crippen molar-refractivity contribution in [3.63, 3.8) is 0 Å². The van der Waals surface area contributed by atoms with Crippen molar-refractivity contribution in [1.82, 2.24) is 9.13 Å². The summed E-state index contributed by atoms with van der Waals surface area (Å²) < 4.78 is 2.65. The smallest absolute Gasteiger partial charge is 0.316 e. The fourth-order valence-corrected chi connectivity index (χ4v) is 2.45. The quantitative estimate of drug-likeness (QED) is 0.657. The van der Waals surface area contributed by atoms with E-state index in [1.54, 1.807) is 19.4 Å². The molecule has 0 amide bonds. The Kier molecular flexibility index (Phi) is 4.56. The molecule has 0 saturated heterocycles. The van der Waals surface area contributed by atoms with E-state index in [0.717, 1.165) is 10.4 Å². The molecule has 0 aliphatic carbocycles. The number of aryl methyl sites for hydroxylation is 1. The van der Waals surface area contributed by atoms with E-state index in [4.69, 9.17) is 5.11 Å². The highest BCUT2D eigenvalue weighted by atomic mass is 32.1. The maximum absolute atomic E-state index is 11.8. The average molecular weight is 290 g/mol. The van der Waals surface area contributed by atoms with Gasteiger partial charge in [-0.3, -0.25) is 9.59 Å². The molecule has 104 valence electrons. The van der Waals surface area contributed by atoms with Crippen molar-refractivity contribution in [3.8, 4) is 11.8 Å². The van der Waals surface area contributed by atoms with Gasteiger partial charge in [-0.05, 0) is 6.07 Å². The summed E-state index contributed by atoms with van der Waals surface area (Å²) in [6.45, 7) is 0.411. The number of rotatable bonds is 3. The van der Waals surface area contributed by atoms with Crippen molar-refractivity contribution in [2.75, 3.05) is 6.61 Å². The lowest BCUT2D eigenvalue weighted by atomic mass is 10.3. The number of thiophene rings is 1. The Balaban J connectivity index is 2.20. The Hall–Kier alpha value is -2.10. The van der Waals surface area contributed by atoms with Gasteiger partial charge < -0.3 is 14.2 Å². The van der Waals surface area contributed by atoms with Crippen LogP contribution in [0.15, 0.2) is 33.4 Å². The molecule has 0 aromatic carbocycles. The number of hydrogen-bond donors (Lipinski definition) is 1. The van der Waals surface area contributed by atoms with Gasteiger partial charge in [0.05, 0.1) is 13.2 Å². The van der Waals surface area contributed by atoms with E-state index in [0.29, 0.717) is 13.0 Å². The molecule has 2 heterocycles. The Labute approximate surface area is 119 Å². The first kappa shape index (κ1) is 14.3. The molecular weight excluding hydrogens is 276 g/mol. The lowest BCUT2D eigenvalue weighted by Gasteiger charge is -2.03. The van der Waals surface area contributed by atoms with Crippen molar-refractivity contribution < 1.29 is 5.11 Å². The van der Waals surface area contributed by atoms with Gasteiger partial charge in [0.2, 0.25) is 0 Å². The van der Waals surface area contributed by atoms with Crippen LogP contribution in [-0.4, -0.2) is 20.8 Å². The van der Waals surface area contributed by atoms with Gasteiger partial charge in [-0.1, -0.05) is 11.8 Å². The molecule has 2 aromatic rings. The summed E-state index contributed by atoms with van der Waals surface area (Å²) in [7, 11) is 1.55. The summed E-state index contributed by atoms with van der Waals surface area (Å²) in [5, 5.41) is 10.5. The summed E-state index contributed by atoms with van der Waals surface area (Å²) in [5.41, 5.74) is -0.210. The highest BCUT2D eigenvalue weighted by Crippen LogP contribution is 2.14. The summed E-state index contributed by atoms with van der Waals surface area (Å²) >= 11 is 1.49. The van der Waals surface area contributed by atoms with E-state index in [-0.39, 0.29) is 6.61 Å². The zero-order valence-corrected chi connectivity index (χ0v) is 11.8. The van der Waals surface area contributed by atoms with Gasteiger partial charge in [0, 0.05) is 41.7 Å². The first-order valence-electron chi connectivity index (χ1n) is 6.05. The van der Waals surface area contributed by atoms with Gasteiger partial charge >= 0.3 is 11.1 Å². The molecule has 5 nitrogen and oxygen atoms in total. The van der Waals surface area contributed by atoms with Crippen LogP contribution in [0.5, 0.6) is 0 Å². The van der Waals surface area contributed by atoms with E-state index in [1.807, 2.05) is 11.4 Å². The number of hydrogen-bond acceptors (Lipinski definition) is 4. The van der Waals surface area contributed by atoms with E-state index in [1.165, 1.54) is 20.5 Å². The molecule has 2 rings (SSSR count). The predicted octanol–water partition coefficient (Wildman–Crippen LogP) is 0.391. The molecule has 0 saturated carbocycles. The highest BCUT2D eigenvalue weighted by Gasteiger charge is 2.04. The van der Waals surface area contributed by atoms with Crippen LogP contribution in [0.4, 0.5) is 0 Å². The molecule has 0 bridgehead atoms. The zero-order valence-electron chi connectivity index (χ0n) is 11.0. The minimum Gasteiger partial charge on any atom is -0.395 e. The number of aliphatic hydroxyl groups excluding tert-OH is 1. The minimum absolute atomic E-state index is 0.0483. The van der Waals surface area contributed by atoms with Gasteiger partial charge in [0.15, 0.2) is 0 Å². The van der Waals surface area contributed by atoms with Crippen molar-refractivity contribution in [2.24, 2.45) is 7.05 Å². The third-order valence-electron chi connectivity index (χ3n) is 2.68. The predicted molar refractivity (Wildman–Crippen MR) is 77.9 cm³/mol. The highest BCUT2D eigenvalue weighted by molar-refractivity contribution is 7.10. The largest absolute Gasteiger partial charge is 0.395 e. The van der Waals surface area contributed by atoms with Gasteiger partial charge in [-0.25, -0.2) is 0 Å². The van der Waals surface area contributed by atoms with Crippen molar-refractivity contribution in [2.45, 2.75) is 13.0 Å². The normalized spacial score (nSPS) is 10.1. The molecule has 0 spiro atoms. The van der Waals surface area contributed by atoms with Crippen LogP contribution in [0.25, 0.3) is 0 Å². The van der Waals surface area contributed by atoms with Crippen molar-refractivity contribution >= 4 is 11.3 Å². The minimum atomic E-state index is -0.535. The van der Waals surface area contributed by atoms with Gasteiger partial charge in [0.25, 0.3) is 0 Å². The van der Waals surface area contributed by atoms with Crippen molar-refractivity contribution in [3.05, 3.63) is 55.0 Å². The Morgan fingerprint density at radius 2 is 2.10 bits per heavy atom. The van der Waals surface area contributed by atoms with Crippen LogP contribution in [-0.2, 0) is 13.6 Å². The average Bonchev–Trinajstić information content (AvgIpc) is 2.88. The third-order valence-corrected chi connectivity index (χ3v) is 3.61. The molecule has 0 radical (unpaired) electrons. The van der Waals surface area contributed by atoms with Crippen LogP contribution in [0.2, 0.25) is 0 Å². The van der Waals surface area contributed by atoms with E-state index in [9.17, 15) is 9.59 Å². The van der Waals surface area contributed by atoms with Crippen LogP contribution in [0, 0.1) is 11.8 Å². The summed E-state index contributed by atoms with van der Waals surface area (Å²) in [6, 6.07) is 1.89. The van der Waals surface area contributed by atoms with Crippen LogP contribution >= 0.6 is 11.3 Å². The maximum Gasteiger partial charge on any atom is 0.316 e. The molecule has 2 aromatic heterocycles. The topological polar surface area (TPSA) is 64.2 Å². The molecule has 0 unspecified atom stereocenters. The zero-order chi connectivity index (χ0) is 14.5. The summed E-state index contributed by atoms with van der Waals surface area (Å²) in [5.74, 6) is 5.78. The maximum atomic E-state index is 11.8.